The summed E-state index contributed by atoms with van der Waals surface area (Å²) in [5.41, 5.74) is 3.54. The van der Waals surface area contributed by atoms with Crippen LogP contribution in [0.3, 0.4) is 0 Å². The van der Waals surface area contributed by atoms with Gasteiger partial charge in [-0.25, -0.2) is 15.8 Å². The molecule has 1 aromatic heterocycles. The summed E-state index contributed by atoms with van der Waals surface area (Å²) in [6.45, 7) is 11.1. The van der Waals surface area contributed by atoms with E-state index in [4.69, 9.17) is 10.6 Å². The van der Waals surface area contributed by atoms with Gasteiger partial charge in [-0.3, -0.25) is 0 Å². The Balaban J connectivity index is 3.17. The first-order valence-corrected chi connectivity index (χ1v) is 6.88. The fourth-order valence-electron chi connectivity index (χ4n) is 1.97. The van der Waals surface area contributed by atoms with Crippen LogP contribution >= 0.6 is 0 Å². The van der Waals surface area contributed by atoms with Gasteiger partial charge in [0, 0.05) is 18.4 Å². The maximum absolute atomic E-state index is 5.83. The van der Waals surface area contributed by atoms with Crippen molar-refractivity contribution in [2.45, 2.75) is 53.6 Å². The molecule has 0 bridgehead atoms. The number of aromatic nitrogens is 2. The van der Waals surface area contributed by atoms with Crippen LogP contribution in [0.15, 0.2) is 6.07 Å². The van der Waals surface area contributed by atoms with Gasteiger partial charge in [-0.1, -0.05) is 34.1 Å². The number of nitrogens with two attached hydrogens (primary N) is 1. The lowest BCUT2D eigenvalue weighted by Gasteiger charge is -2.29. The molecule has 0 amide bonds. The van der Waals surface area contributed by atoms with E-state index in [0.717, 1.165) is 18.5 Å². The van der Waals surface area contributed by atoms with E-state index in [1.807, 2.05) is 13.0 Å². The minimum absolute atomic E-state index is 0.0628. The third kappa shape index (κ3) is 4.44. The van der Waals surface area contributed by atoms with Crippen molar-refractivity contribution in [2.24, 2.45) is 11.3 Å². The second-order valence-electron chi connectivity index (χ2n) is 5.70. The minimum atomic E-state index is -0.138. The topological polar surface area (TPSA) is 73.1 Å². The van der Waals surface area contributed by atoms with E-state index in [-0.39, 0.29) is 11.5 Å². The van der Waals surface area contributed by atoms with Gasteiger partial charge in [-0.05, 0) is 18.8 Å². The quantitative estimate of drug-likeness (QED) is 0.612. The lowest BCUT2D eigenvalue weighted by atomic mass is 9.88. The van der Waals surface area contributed by atoms with Crippen molar-refractivity contribution in [2.75, 3.05) is 12.0 Å². The van der Waals surface area contributed by atoms with Crippen LogP contribution < -0.4 is 11.3 Å². The van der Waals surface area contributed by atoms with Gasteiger partial charge < -0.3 is 10.2 Å². The van der Waals surface area contributed by atoms with Crippen LogP contribution in [-0.4, -0.2) is 16.6 Å². The van der Waals surface area contributed by atoms with E-state index >= 15 is 0 Å². The molecule has 0 spiro atoms. The summed E-state index contributed by atoms with van der Waals surface area (Å²) in [5.74, 6) is 6.83. The smallest absolute Gasteiger partial charge is 0.160 e. The molecule has 0 saturated heterocycles. The van der Waals surface area contributed by atoms with Gasteiger partial charge in [-0.15, -0.1) is 0 Å². The third-order valence-corrected chi connectivity index (χ3v) is 2.80. The summed E-state index contributed by atoms with van der Waals surface area (Å²) in [6.07, 6.45) is 1.81. The molecule has 0 aliphatic heterocycles. The van der Waals surface area contributed by atoms with E-state index in [1.54, 1.807) is 0 Å². The molecule has 0 saturated carbocycles. The number of nitrogen functional groups attached to an aromatic ring is 1. The Morgan fingerprint density at radius 1 is 1.32 bits per heavy atom. The van der Waals surface area contributed by atoms with Gasteiger partial charge in [0.1, 0.15) is 11.9 Å². The van der Waals surface area contributed by atoms with Gasteiger partial charge in [-0.2, -0.15) is 0 Å². The Kier molecular flexibility index (Phi) is 5.69. The molecule has 0 radical (unpaired) electrons. The Morgan fingerprint density at radius 3 is 2.47 bits per heavy atom. The summed E-state index contributed by atoms with van der Waals surface area (Å²) < 4.78 is 5.83. The largest absolute Gasteiger partial charge is 0.370 e. The molecule has 5 nitrogen and oxygen atoms in total. The van der Waals surface area contributed by atoms with Crippen LogP contribution in [0.4, 0.5) is 5.82 Å². The van der Waals surface area contributed by atoms with Crippen LogP contribution in [0.5, 0.6) is 0 Å². The number of anilines is 1. The molecule has 1 atom stereocenters. The predicted molar refractivity (Wildman–Crippen MR) is 77.7 cm³/mol. The SMILES string of the molecule is CCCc1cc(NN)nc(C(OCC)C(C)(C)C)n1. The molecule has 108 valence electrons. The van der Waals surface area contributed by atoms with Crippen molar-refractivity contribution >= 4 is 5.82 Å². The lowest BCUT2D eigenvalue weighted by molar-refractivity contribution is -0.0191. The van der Waals surface area contributed by atoms with E-state index in [0.29, 0.717) is 18.2 Å². The summed E-state index contributed by atoms with van der Waals surface area (Å²) in [4.78, 5) is 9.07. The fourth-order valence-corrected chi connectivity index (χ4v) is 1.97. The molecular weight excluding hydrogens is 240 g/mol. The number of ether oxygens (including phenoxy) is 1. The molecule has 0 aliphatic carbocycles. The summed E-state index contributed by atoms with van der Waals surface area (Å²) in [5, 5.41) is 0. The zero-order valence-corrected chi connectivity index (χ0v) is 12.7. The van der Waals surface area contributed by atoms with Crippen molar-refractivity contribution in [3.63, 3.8) is 0 Å². The number of hydrogen-bond donors (Lipinski definition) is 2. The van der Waals surface area contributed by atoms with Gasteiger partial charge in [0.15, 0.2) is 5.82 Å². The van der Waals surface area contributed by atoms with Gasteiger partial charge >= 0.3 is 0 Å². The molecule has 1 aromatic rings. The summed E-state index contributed by atoms with van der Waals surface area (Å²) >= 11 is 0. The van der Waals surface area contributed by atoms with E-state index in [1.165, 1.54) is 0 Å². The maximum atomic E-state index is 5.83. The highest BCUT2D eigenvalue weighted by Gasteiger charge is 2.29. The van der Waals surface area contributed by atoms with Crippen LogP contribution in [-0.2, 0) is 11.2 Å². The van der Waals surface area contributed by atoms with Crippen molar-refractivity contribution in [1.29, 1.82) is 0 Å². The first-order valence-electron chi connectivity index (χ1n) is 6.88. The summed E-state index contributed by atoms with van der Waals surface area (Å²) in [6, 6.07) is 1.89. The summed E-state index contributed by atoms with van der Waals surface area (Å²) in [7, 11) is 0. The van der Waals surface area contributed by atoms with Gasteiger partial charge in [0.05, 0.1) is 0 Å². The molecule has 5 heteroatoms. The molecule has 0 aromatic carbocycles. The van der Waals surface area contributed by atoms with Gasteiger partial charge in [0.2, 0.25) is 0 Å². The number of hydrazine groups is 1. The number of aryl methyl sites for hydroxylation is 1. The minimum Gasteiger partial charge on any atom is -0.370 e. The highest BCUT2D eigenvalue weighted by Crippen LogP contribution is 2.34. The standard InChI is InChI=1S/C14H26N4O/c1-6-8-10-9-11(18-15)17-13(16-10)12(19-7-2)14(3,4)5/h9,12H,6-8,15H2,1-5H3,(H,16,17,18). The van der Waals surface area contributed by atoms with Crippen LogP contribution in [0, 0.1) is 5.41 Å². The molecule has 0 fully saturated rings. The second-order valence-corrected chi connectivity index (χ2v) is 5.70. The normalized spacial score (nSPS) is 13.4. The Labute approximate surface area is 115 Å². The first kappa shape index (κ1) is 15.9. The third-order valence-electron chi connectivity index (χ3n) is 2.80. The van der Waals surface area contributed by atoms with Gasteiger partial charge in [0.25, 0.3) is 0 Å². The molecule has 3 N–H and O–H groups in total. The average molecular weight is 266 g/mol. The molecule has 0 aliphatic rings. The molecule has 1 rings (SSSR count). The van der Waals surface area contributed by atoms with Crippen molar-refractivity contribution < 1.29 is 4.74 Å². The fraction of sp³-hybridized carbons (Fsp3) is 0.714. The van der Waals surface area contributed by atoms with Crippen molar-refractivity contribution in [1.82, 2.24) is 9.97 Å². The average Bonchev–Trinajstić information content (AvgIpc) is 2.34. The number of rotatable bonds is 6. The molecule has 19 heavy (non-hydrogen) atoms. The predicted octanol–water partition coefficient (Wildman–Crippen LogP) is 2.84. The highest BCUT2D eigenvalue weighted by atomic mass is 16.5. The Bertz CT molecular complexity index is 401. The Hall–Kier alpha value is -1.20. The molecular formula is C14H26N4O. The van der Waals surface area contributed by atoms with E-state index < -0.39 is 0 Å². The van der Waals surface area contributed by atoms with Crippen LogP contribution in [0.2, 0.25) is 0 Å². The zero-order chi connectivity index (χ0) is 14.5. The number of nitrogens with one attached hydrogen (secondary N) is 1. The van der Waals surface area contributed by atoms with Crippen LogP contribution in [0.25, 0.3) is 0 Å². The lowest BCUT2D eigenvalue weighted by Crippen LogP contribution is -2.25. The number of nitrogens with zero attached hydrogens (tertiary/aromatic N) is 2. The van der Waals surface area contributed by atoms with E-state index in [9.17, 15) is 0 Å². The zero-order valence-electron chi connectivity index (χ0n) is 12.7. The van der Waals surface area contributed by atoms with Crippen LogP contribution in [0.1, 0.15) is 58.7 Å². The van der Waals surface area contributed by atoms with E-state index in [2.05, 4.69) is 43.1 Å². The Morgan fingerprint density at radius 2 is 2.00 bits per heavy atom. The molecule has 1 heterocycles. The monoisotopic (exact) mass is 266 g/mol. The highest BCUT2D eigenvalue weighted by molar-refractivity contribution is 5.35. The second kappa shape index (κ2) is 6.82. The maximum Gasteiger partial charge on any atom is 0.160 e. The van der Waals surface area contributed by atoms with Crippen molar-refractivity contribution in [3.8, 4) is 0 Å². The number of hydrogen-bond acceptors (Lipinski definition) is 5. The first-order chi connectivity index (χ1) is 8.92. The van der Waals surface area contributed by atoms with Crippen molar-refractivity contribution in [3.05, 3.63) is 17.6 Å². The molecule has 1 unspecified atom stereocenters.